The Kier molecular flexibility index (Phi) is 3.63. The standard InChI is InChI=1S/C14H12F3N5O/c1-2-22-12-11(19-20-22)13(23)21(8-18-12)7-9-4-3-5-10(6-9)14(15,16)17/h3-6,8H,2,7H2,1H3. The van der Waals surface area contributed by atoms with Gasteiger partial charge in [0.05, 0.1) is 12.1 Å². The van der Waals surface area contributed by atoms with Gasteiger partial charge in [-0.25, -0.2) is 9.67 Å². The van der Waals surface area contributed by atoms with Crippen molar-refractivity contribution in [3.8, 4) is 0 Å². The highest BCUT2D eigenvalue weighted by Crippen LogP contribution is 2.29. The molecule has 0 spiro atoms. The molecule has 0 aliphatic rings. The predicted octanol–water partition coefficient (Wildman–Crippen LogP) is 2.07. The Balaban J connectivity index is 1.99. The van der Waals surface area contributed by atoms with Gasteiger partial charge in [-0.2, -0.15) is 13.2 Å². The number of aryl methyl sites for hydroxylation is 1. The van der Waals surface area contributed by atoms with Crippen LogP contribution in [0.5, 0.6) is 0 Å². The molecule has 0 N–H and O–H groups in total. The normalized spacial score (nSPS) is 12.0. The lowest BCUT2D eigenvalue weighted by Gasteiger charge is -2.09. The van der Waals surface area contributed by atoms with Crippen molar-refractivity contribution < 1.29 is 13.2 Å². The summed E-state index contributed by atoms with van der Waals surface area (Å²) in [4.78, 5) is 16.4. The van der Waals surface area contributed by atoms with Gasteiger partial charge in [0.15, 0.2) is 11.2 Å². The van der Waals surface area contributed by atoms with Gasteiger partial charge < -0.3 is 0 Å². The van der Waals surface area contributed by atoms with Gasteiger partial charge in [-0.05, 0) is 24.6 Å². The zero-order chi connectivity index (χ0) is 16.6. The number of alkyl halides is 3. The molecule has 0 amide bonds. The zero-order valence-corrected chi connectivity index (χ0v) is 12.1. The molecule has 0 aliphatic heterocycles. The second-order valence-electron chi connectivity index (χ2n) is 4.95. The number of hydrogen-bond acceptors (Lipinski definition) is 4. The van der Waals surface area contributed by atoms with Crippen molar-refractivity contribution in [1.29, 1.82) is 0 Å². The van der Waals surface area contributed by atoms with E-state index in [9.17, 15) is 18.0 Å². The Hall–Kier alpha value is -2.71. The topological polar surface area (TPSA) is 65.6 Å². The number of nitrogens with zero attached hydrogens (tertiary/aromatic N) is 5. The number of halogens is 3. The summed E-state index contributed by atoms with van der Waals surface area (Å²) in [6.07, 6.45) is -3.13. The molecule has 0 saturated heterocycles. The highest BCUT2D eigenvalue weighted by atomic mass is 19.4. The molecule has 0 bridgehead atoms. The smallest absolute Gasteiger partial charge is 0.293 e. The SMILES string of the molecule is CCn1nnc2c(=O)n(Cc3cccc(C(F)(F)F)c3)cnc21. The van der Waals surface area contributed by atoms with E-state index in [4.69, 9.17) is 0 Å². The molecule has 6 nitrogen and oxygen atoms in total. The van der Waals surface area contributed by atoms with E-state index in [1.165, 1.54) is 27.7 Å². The molecular weight excluding hydrogens is 311 g/mol. The Morgan fingerprint density at radius 1 is 1.26 bits per heavy atom. The van der Waals surface area contributed by atoms with Crippen LogP contribution in [-0.2, 0) is 19.3 Å². The number of aromatic nitrogens is 5. The fourth-order valence-corrected chi connectivity index (χ4v) is 2.26. The van der Waals surface area contributed by atoms with Gasteiger partial charge in [-0.3, -0.25) is 9.36 Å². The molecule has 0 unspecified atom stereocenters. The molecule has 2 aromatic heterocycles. The van der Waals surface area contributed by atoms with Crippen molar-refractivity contribution in [2.24, 2.45) is 0 Å². The molecule has 0 aliphatic carbocycles. The summed E-state index contributed by atoms with van der Waals surface area (Å²) in [5.41, 5.74) is -0.383. The summed E-state index contributed by atoms with van der Waals surface area (Å²) in [5, 5.41) is 7.60. The van der Waals surface area contributed by atoms with Gasteiger partial charge in [0.2, 0.25) is 0 Å². The first-order chi connectivity index (χ1) is 10.9. The first-order valence-electron chi connectivity index (χ1n) is 6.85. The largest absolute Gasteiger partial charge is 0.416 e. The van der Waals surface area contributed by atoms with Crippen LogP contribution in [0.25, 0.3) is 11.2 Å². The van der Waals surface area contributed by atoms with Gasteiger partial charge in [-0.1, -0.05) is 17.3 Å². The minimum atomic E-state index is -4.42. The molecule has 120 valence electrons. The van der Waals surface area contributed by atoms with Gasteiger partial charge in [0, 0.05) is 6.54 Å². The van der Waals surface area contributed by atoms with Crippen molar-refractivity contribution in [3.05, 3.63) is 52.1 Å². The van der Waals surface area contributed by atoms with E-state index in [0.29, 0.717) is 17.8 Å². The van der Waals surface area contributed by atoms with Crippen molar-refractivity contribution in [1.82, 2.24) is 24.5 Å². The predicted molar refractivity (Wildman–Crippen MR) is 75.8 cm³/mol. The molecule has 1 aromatic carbocycles. The van der Waals surface area contributed by atoms with Crippen molar-refractivity contribution in [2.75, 3.05) is 0 Å². The third kappa shape index (κ3) is 2.81. The molecular formula is C14H12F3N5O. The van der Waals surface area contributed by atoms with Crippen LogP contribution in [0.1, 0.15) is 18.1 Å². The summed E-state index contributed by atoms with van der Waals surface area (Å²) < 4.78 is 40.9. The molecule has 2 heterocycles. The maximum atomic E-state index is 12.7. The molecule has 0 fully saturated rings. The van der Waals surface area contributed by atoms with Crippen molar-refractivity contribution in [2.45, 2.75) is 26.2 Å². The highest BCUT2D eigenvalue weighted by molar-refractivity contribution is 5.67. The lowest BCUT2D eigenvalue weighted by molar-refractivity contribution is -0.137. The summed E-state index contributed by atoms with van der Waals surface area (Å²) >= 11 is 0. The maximum Gasteiger partial charge on any atom is 0.416 e. The molecule has 9 heteroatoms. The van der Waals surface area contributed by atoms with Crippen LogP contribution in [0.4, 0.5) is 13.2 Å². The quantitative estimate of drug-likeness (QED) is 0.740. The van der Waals surface area contributed by atoms with Crippen LogP contribution in [0.2, 0.25) is 0 Å². The van der Waals surface area contributed by atoms with Gasteiger partial charge >= 0.3 is 6.18 Å². The molecule has 23 heavy (non-hydrogen) atoms. The first kappa shape index (κ1) is 15.2. The number of hydrogen-bond donors (Lipinski definition) is 0. The van der Waals surface area contributed by atoms with Crippen LogP contribution in [0.15, 0.2) is 35.4 Å². The Morgan fingerprint density at radius 3 is 2.74 bits per heavy atom. The zero-order valence-electron chi connectivity index (χ0n) is 12.1. The average Bonchev–Trinajstić information content (AvgIpc) is 2.93. The second-order valence-corrected chi connectivity index (χ2v) is 4.95. The van der Waals surface area contributed by atoms with Crippen LogP contribution < -0.4 is 5.56 Å². The minimum absolute atomic E-state index is 0.0231. The lowest BCUT2D eigenvalue weighted by Crippen LogP contribution is -2.22. The van der Waals surface area contributed by atoms with Crippen LogP contribution in [0, 0.1) is 0 Å². The van der Waals surface area contributed by atoms with Gasteiger partial charge in [-0.15, -0.1) is 5.10 Å². The minimum Gasteiger partial charge on any atom is -0.293 e. The van der Waals surface area contributed by atoms with Crippen LogP contribution in [0.3, 0.4) is 0 Å². The van der Waals surface area contributed by atoms with Crippen molar-refractivity contribution >= 4 is 11.2 Å². The lowest BCUT2D eigenvalue weighted by atomic mass is 10.1. The molecule has 0 saturated carbocycles. The van der Waals surface area contributed by atoms with Crippen molar-refractivity contribution in [3.63, 3.8) is 0 Å². The fraction of sp³-hybridized carbons (Fsp3) is 0.286. The number of rotatable bonds is 3. The third-order valence-corrected chi connectivity index (χ3v) is 3.40. The maximum absolute atomic E-state index is 12.7. The average molecular weight is 323 g/mol. The summed E-state index contributed by atoms with van der Waals surface area (Å²) in [7, 11) is 0. The Bertz CT molecular complexity index is 913. The van der Waals surface area contributed by atoms with Gasteiger partial charge in [0.25, 0.3) is 5.56 Å². The Labute approximate surface area is 128 Å². The summed E-state index contributed by atoms with van der Waals surface area (Å²) in [6, 6.07) is 4.83. The van der Waals surface area contributed by atoms with E-state index in [1.54, 1.807) is 0 Å². The van der Waals surface area contributed by atoms with Crippen LogP contribution >= 0.6 is 0 Å². The van der Waals surface area contributed by atoms with E-state index in [2.05, 4.69) is 15.3 Å². The molecule has 3 aromatic rings. The van der Waals surface area contributed by atoms with E-state index < -0.39 is 17.3 Å². The monoisotopic (exact) mass is 323 g/mol. The summed E-state index contributed by atoms with van der Waals surface area (Å²) in [5.74, 6) is 0. The van der Waals surface area contributed by atoms with E-state index in [-0.39, 0.29) is 12.1 Å². The highest BCUT2D eigenvalue weighted by Gasteiger charge is 2.30. The molecule has 3 rings (SSSR count). The van der Waals surface area contributed by atoms with E-state index in [0.717, 1.165) is 12.1 Å². The fourth-order valence-electron chi connectivity index (χ4n) is 2.26. The molecule has 0 radical (unpaired) electrons. The van der Waals surface area contributed by atoms with E-state index >= 15 is 0 Å². The third-order valence-electron chi connectivity index (χ3n) is 3.40. The van der Waals surface area contributed by atoms with Gasteiger partial charge in [0.1, 0.15) is 6.33 Å². The molecule has 0 atom stereocenters. The van der Waals surface area contributed by atoms with Crippen LogP contribution in [-0.4, -0.2) is 24.5 Å². The number of benzene rings is 1. The Morgan fingerprint density at radius 2 is 2.04 bits per heavy atom. The summed E-state index contributed by atoms with van der Waals surface area (Å²) in [6.45, 7) is 2.33. The second kappa shape index (κ2) is 5.49. The first-order valence-corrected chi connectivity index (χ1v) is 6.85. The van der Waals surface area contributed by atoms with E-state index in [1.807, 2.05) is 6.92 Å². The number of fused-ring (bicyclic) bond motifs is 1.